The molecule has 0 aliphatic heterocycles. The van der Waals surface area contributed by atoms with Gasteiger partial charge in [0.2, 0.25) is 0 Å². The van der Waals surface area contributed by atoms with Gasteiger partial charge in [0.25, 0.3) is 0 Å². The lowest BCUT2D eigenvalue weighted by Gasteiger charge is -2.18. The van der Waals surface area contributed by atoms with E-state index in [2.05, 4.69) is 60.7 Å². The second kappa shape index (κ2) is 6.53. The van der Waals surface area contributed by atoms with E-state index in [4.69, 9.17) is 0 Å². The van der Waals surface area contributed by atoms with Crippen molar-refractivity contribution < 1.29 is 0 Å². The van der Waals surface area contributed by atoms with Crippen LogP contribution in [0.15, 0.2) is 36.4 Å². The Bertz CT molecular complexity index is 502. The number of hydrogen-bond acceptors (Lipinski definition) is 2. The fourth-order valence-corrected chi connectivity index (χ4v) is 2.42. The molecule has 19 heavy (non-hydrogen) atoms. The average Bonchev–Trinajstić information content (AvgIpc) is 2.81. The molecule has 0 bridgehead atoms. The van der Waals surface area contributed by atoms with Crippen LogP contribution in [0.5, 0.6) is 0 Å². The normalized spacial score (nSPS) is 12.6. The third-order valence-corrected chi connectivity index (χ3v) is 3.42. The van der Waals surface area contributed by atoms with Crippen LogP contribution in [0.25, 0.3) is 0 Å². The van der Waals surface area contributed by atoms with Crippen molar-refractivity contribution in [2.24, 2.45) is 7.05 Å². The van der Waals surface area contributed by atoms with Crippen molar-refractivity contribution >= 4 is 0 Å². The molecular formula is C16H23N3. The molecule has 2 aromatic rings. The van der Waals surface area contributed by atoms with E-state index in [1.807, 2.05) is 11.7 Å². The Morgan fingerprint density at radius 1 is 1.21 bits per heavy atom. The Balaban J connectivity index is 2.21. The van der Waals surface area contributed by atoms with Crippen molar-refractivity contribution in [1.82, 2.24) is 15.1 Å². The maximum Gasteiger partial charge on any atom is 0.0625 e. The first-order chi connectivity index (χ1) is 9.24. The summed E-state index contributed by atoms with van der Waals surface area (Å²) in [6.45, 7) is 5.25. The quantitative estimate of drug-likeness (QED) is 0.862. The van der Waals surface area contributed by atoms with Gasteiger partial charge in [-0.3, -0.25) is 4.68 Å². The summed E-state index contributed by atoms with van der Waals surface area (Å²) in [5.74, 6) is 0. The van der Waals surface area contributed by atoms with Gasteiger partial charge in [-0.1, -0.05) is 44.2 Å². The lowest BCUT2D eigenvalue weighted by atomic mass is 10.0. The molecule has 0 spiro atoms. The van der Waals surface area contributed by atoms with Gasteiger partial charge in [-0.15, -0.1) is 0 Å². The van der Waals surface area contributed by atoms with Crippen LogP contribution >= 0.6 is 0 Å². The minimum Gasteiger partial charge on any atom is -0.309 e. The SMILES string of the molecule is CCNC(Cc1ccccc1)c1cc(CC)nn1C. The number of hydrogen-bond donors (Lipinski definition) is 1. The van der Waals surface area contributed by atoms with E-state index in [-0.39, 0.29) is 0 Å². The zero-order valence-corrected chi connectivity index (χ0v) is 12.1. The van der Waals surface area contributed by atoms with Crippen LogP contribution < -0.4 is 5.32 Å². The molecule has 0 radical (unpaired) electrons. The Morgan fingerprint density at radius 3 is 2.53 bits per heavy atom. The van der Waals surface area contributed by atoms with Crippen molar-refractivity contribution in [2.75, 3.05) is 6.54 Å². The third kappa shape index (κ3) is 3.44. The fraction of sp³-hybridized carbons (Fsp3) is 0.438. The highest BCUT2D eigenvalue weighted by molar-refractivity contribution is 5.21. The predicted octanol–water partition coefficient (Wildman–Crippen LogP) is 2.88. The molecule has 1 aromatic heterocycles. The van der Waals surface area contributed by atoms with Crippen molar-refractivity contribution in [1.29, 1.82) is 0 Å². The Morgan fingerprint density at radius 2 is 1.95 bits per heavy atom. The standard InChI is InChI=1S/C16H23N3/c1-4-14-12-16(19(3)18-14)15(17-5-2)11-13-9-7-6-8-10-13/h6-10,12,15,17H,4-5,11H2,1-3H3. The van der Waals surface area contributed by atoms with Gasteiger partial charge < -0.3 is 5.32 Å². The van der Waals surface area contributed by atoms with Gasteiger partial charge in [-0.05, 0) is 31.0 Å². The van der Waals surface area contributed by atoms with Crippen LogP contribution in [-0.2, 0) is 19.9 Å². The summed E-state index contributed by atoms with van der Waals surface area (Å²) in [6, 6.07) is 13.2. The zero-order valence-electron chi connectivity index (χ0n) is 12.1. The number of nitrogens with one attached hydrogen (secondary N) is 1. The van der Waals surface area contributed by atoms with Crippen LogP contribution in [0.4, 0.5) is 0 Å². The first-order valence-electron chi connectivity index (χ1n) is 7.04. The number of nitrogens with zero attached hydrogens (tertiary/aromatic N) is 2. The molecule has 0 saturated heterocycles. The van der Waals surface area contributed by atoms with Crippen LogP contribution in [0, 0.1) is 0 Å². The van der Waals surface area contributed by atoms with Crippen molar-refractivity contribution in [3.05, 3.63) is 53.3 Å². The molecule has 0 fully saturated rings. The molecule has 2 rings (SSSR count). The van der Waals surface area contributed by atoms with Gasteiger partial charge >= 0.3 is 0 Å². The largest absolute Gasteiger partial charge is 0.309 e. The molecule has 0 aliphatic rings. The van der Waals surface area contributed by atoms with Crippen molar-refractivity contribution in [2.45, 2.75) is 32.7 Å². The van der Waals surface area contributed by atoms with Gasteiger partial charge in [0.15, 0.2) is 0 Å². The molecule has 1 aromatic carbocycles. The molecular weight excluding hydrogens is 234 g/mol. The molecule has 1 unspecified atom stereocenters. The summed E-state index contributed by atoms with van der Waals surface area (Å²) in [4.78, 5) is 0. The van der Waals surface area contributed by atoms with Gasteiger partial charge in [-0.25, -0.2) is 0 Å². The summed E-state index contributed by atoms with van der Waals surface area (Å²) in [5, 5.41) is 8.12. The van der Waals surface area contributed by atoms with E-state index >= 15 is 0 Å². The Labute approximate surface area is 115 Å². The Kier molecular flexibility index (Phi) is 4.74. The molecule has 1 atom stereocenters. The maximum atomic E-state index is 4.55. The Hall–Kier alpha value is -1.61. The summed E-state index contributed by atoms with van der Waals surface area (Å²) >= 11 is 0. The number of rotatable bonds is 6. The van der Waals surface area contributed by atoms with E-state index < -0.39 is 0 Å². The lowest BCUT2D eigenvalue weighted by molar-refractivity contribution is 0.507. The summed E-state index contributed by atoms with van der Waals surface area (Å²) in [5.41, 5.74) is 3.78. The number of aryl methyl sites for hydroxylation is 2. The molecule has 3 heteroatoms. The average molecular weight is 257 g/mol. The van der Waals surface area contributed by atoms with Gasteiger partial charge in [-0.2, -0.15) is 5.10 Å². The number of likely N-dealkylation sites (N-methyl/N-ethyl adjacent to an activating group) is 1. The molecule has 3 nitrogen and oxygen atoms in total. The van der Waals surface area contributed by atoms with Gasteiger partial charge in [0, 0.05) is 7.05 Å². The molecule has 1 heterocycles. The minimum absolute atomic E-state index is 0.324. The number of benzene rings is 1. The van der Waals surface area contributed by atoms with E-state index in [0.717, 1.165) is 25.1 Å². The molecule has 0 aliphatic carbocycles. The van der Waals surface area contributed by atoms with Gasteiger partial charge in [0.1, 0.15) is 0 Å². The van der Waals surface area contributed by atoms with Crippen molar-refractivity contribution in [3.63, 3.8) is 0 Å². The fourth-order valence-electron chi connectivity index (χ4n) is 2.42. The zero-order chi connectivity index (χ0) is 13.7. The topological polar surface area (TPSA) is 29.9 Å². The minimum atomic E-state index is 0.324. The summed E-state index contributed by atoms with van der Waals surface area (Å²) in [6.07, 6.45) is 1.98. The summed E-state index contributed by atoms with van der Waals surface area (Å²) in [7, 11) is 2.03. The number of aromatic nitrogens is 2. The monoisotopic (exact) mass is 257 g/mol. The maximum absolute atomic E-state index is 4.55. The van der Waals surface area contributed by atoms with Gasteiger partial charge in [0.05, 0.1) is 17.4 Å². The predicted molar refractivity (Wildman–Crippen MR) is 79.1 cm³/mol. The van der Waals surface area contributed by atoms with Crippen molar-refractivity contribution in [3.8, 4) is 0 Å². The second-order valence-electron chi connectivity index (χ2n) is 4.84. The molecule has 0 amide bonds. The first-order valence-corrected chi connectivity index (χ1v) is 7.04. The van der Waals surface area contributed by atoms with E-state index in [1.165, 1.54) is 11.3 Å². The third-order valence-electron chi connectivity index (χ3n) is 3.42. The smallest absolute Gasteiger partial charge is 0.0625 e. The van der Waals surface area contributed by atoms with E-state index in [0.29, 0.717) is 6.04 Å². The highest BCUT2D eigenvalue weighted by atomic mass is 15.3. The molecule has 0 saturated carbocycles. The molecule has 1 N–H and O–H groups in total. The first kappa shape index (κ1) is 13.8. The lowest BCUT2D eigenvalue weighted by Crippen LogP contribution is -2.25. The summed E-state index contributed by atoms with van der Waals surface area (Å²) < 4.78 is 2.01. The highest BCUT2D eigenvalue weighted by Crippen LogP contribution is 2.19. The van der Waals surface area contributed by atoms with Crippen LogP contribution in [0.2, 0.25) is 0 Å². The van der Waals surface area contributed by atoms with E-state index in [9.17, 15) is 0 Å². The molecule has 102 valence electrons. The highest BCUT2D eigenvalue weighted by Gasteiger charge is 2.16. The van der Waals surface area contributed by atoms with E-state index in [1.54, 1.807) is 0 Å². The van der Waals surface area contributed by atoms with Crippen LogP contribution in [-0.4, -0.2) is 16.3 Å². The van der Waals surface area contributed by atoms with Crippen LogP contribution in [0.3, 0.4) is 0 Å². The van der Waals surface area contributed by atoms with Crippen LogP contribution in [0.1, 0.15) is 36.8 Å². The second-order valence-corrected chi connectivity index (χ2v) is 4.84.